The topological polar surface area (TPSA) is 63.8 Å². The van der Waals surface area contributed by atoms with Gasteiger partial charge in [0.15, 0.2) is 0 Å². The molecule has 0 spiro atoms. The fourth-order valence-corrected chi connectivity index (χ4v) is 0.774. The van der Waals surface area contributed by atoms with Gasteiger partial charge in [0, 0.05) is 6.54 Å². The maximum atomic E-state index is 5.46. The Bertz CT molecular complexity index is 260. The van der Waals surface area contributed by atoms with E-state index in [0.29, 0.717) is 11.6 Å². The van der Waals surface area contributed by atoms with Gasteiger partial charge in [0.25, 0.3) is 0 Å². The number of hydrogen-bond acceptors (Lipinski definition) is 4. The first-order valence-corrected chi connectivity index (χ1v) is 4.29. The Morgan fingerprint density at radius 3 is 2.31 bits per heavy atom. The van der Waals surface area contributed by atoms with Crippen molar-refractivity contribution in [3.63, 3.8) is 0 Å². The van der Waals surface area contributed by atoms with Gasteiger partial charge >= 0.3 is 0 Å². The van der Waals surface area contributed by atoms with E-state index in [1.165, 1.54) is 0 Å². The van der Waals surface area contributed by atoms with Crippen LogP contribution in [0.5, 0.6) is 0 Å². The third-order valence-corrected chi connectivity index (χ3v) is 1.45. The molecular formula is C9H16N4. The van der Waals surface area contributed by atoms with E-state index < -0.39 is 0 Å². The molecule has 0 aromatic carbocycles. The number of nitrogens with two attached hydrogens (primary N) is 1. The Hall–Kier alpha value is -1.32. The molecule has 0 bridgehead atoms. The Kier molecular flexibility index (Phi) is 2.70. The van der Waals surface area contributed by atoms with Crippen molar-refractivity contribution in [1.29, 1.82) is 0 Å². The third-order valence-electron chi connectivity index (χ3n) is 1.45. The van der Waals surface area contributed by atoms with Crippen molar-refractivity contribution in [3.8, 4) is 0 Å². The molecule has 0 saturated heterocycles. The Morgan fingerprint density at radius 2 is 1.85 bits per heavy atom. The zero-order chi connectivity index (χ0) is 9.90. The Morgan fingerprint density at radius 1 is 1.31 bits per heavy atom. The first kappa shape index (κ1) is 9.77. The minimum atomic E-state index is 0.227. The van der Waals surface area contributed by atoms with E-state index in [-0.39, 0.29) is 5.41 Å². The van der Waals surface area contributed by atoms with Crippen LogP contribution in [0.2, 0.25) is 0 Å². The molecule has 1 aromatic rings. The smallest absolute Gasteiger partial charge is 0.222 e. The van der Waals surface area contributed by atoms with Crippen LogP contribution in [0.3, 0.4) is 0 Å². The molecule has 4 nitrogen and oxygen atoms in total. The Labute approximate surface area is 78.6 Å². The van der Waals surface area contributed by atoms with Crippen LogP contribution in [-0.4, -0.2) is 16.5 Å². The van der Waals surface area contributed by atoms with Gasteiger partial charge in [0.1, 0.15) is 0 Å². The second-order valence-electron chi connectivity index (χ2n) is 4.25. The Balaban J connectivity index is 2.51. The summed E-state index contributed by atoms with van der Waals surface area (Å²) < 4.78 is 0. The van der Waals surface area contributed by atoms with Crippen molar-refractivity contribution in [3.05, 3.63) is 12.4 Å². The molecule has 0 aliphatic rings. The molecule has 0 saturated carbocycles. The summed E-state index contributed by atoms with van der Waals surface area (Å²) in [7, 11) is 0. The first-order chi connectivity index (χ1) is 5.97. The van der Waals surface area contributed by atoms with Crippen LogP contribution in [0.4, 0.5) is 11.6 Å². The number of anilines is 2. The van der Waals surface area contributed by atoms with Crippen LogP contribution in [0.1, 0.15) is 20.8 Å². The van der Waals surface area contributed by atoms with Crippen molar-refractivity contribution in [2.24, 2.45) is 5.41 Å². The van der Waals surface area contributed by atoms with Crippen LogP contribution in [0.25, 0.3) is 0 Å². The van der Waals surface area contributed by atoms with Gasteiger partial charge in [-0.1, -0.05) is 20.8 Å². The number of nitrogens with zero attached hydrogens (tertiary/aromatic N) is 2. The quantitative estimate of drug-likeness (QED) is 0.724. The number of nitrogens with one attached hydrogen (secondary N) is 1. The van der Waals surface area contributed by atoms with Crippen LogP contribution in [-0.2, 0) is 0 Å². The van der Waals surface area contributed by atoms with Gasteiger partial charge in [-0.25, -0.2) is 9.97 Å². The second-order valence-corrected chi connectivity index (χ2v) is 4.25. The zero-order valence-electron chi connectivity index (χ0n) is 8.33. The highest BCUT2D eigenvalue weighted by Gasteiger charge is 2.09. The molecule has 0 amide bonds. The molecule has 0 aliphatic heterocycles. The predicted octanol–water partition coefficient (Wildman–Crippen LogP) is 1.52. The van der Waals surface area contributed by atoms with E-state index in [0.717, 1.165) is 6.54 Å². The monoisotopic (exact) mass is 180 g/mol. The van der Waals surface area contributed by atoms with Gasteiger partial charge in [-0.2, -0.15) is 0 Å². The fraction of sp³-hybridized carbons (Fsp3) is 0.556. The van der Waals surface area contributed by atoms with Crippen molar-refractivity contribution in [2.45, 2.75) is 20.8 Å². The summed E-state index contributed by atoms with van der Waals surface area (Å²) in [5.74, 6) is 0.629. The largest absolute Gasteiger partial charge is 0.396 e. The summed E-state index contributed by atoms with van der Waals surface area (Å²) in [5, 5.41) is 3.13. The molecule has 0 atom stereocenters. The van der Waals surface area contributed by atoms with E-state index in [2.05, 4.69) is 36.1 Å². The van der Waals surface area contributed by atoms with Crippen LogP contribution >= 0.6 is 0 Å². The first-order valence-electron chi connectivity index (χ1n) is 4.29. The number of aromatic nitrogens is 2. The minimum Gasteiger partial charge on any atom is -0.396 e. The highest BCUT2D eigenvalue weighted by molar-refractivity contribution is 5.35. The maximum absolute atomic E-state index is 5.46. The van der Waals surface area contributed by atoms with Crippen LogP contribution < -0.4 is 11.1 Å². The maximum Gasteiger partial charge on any atom is 0.222 e. The highest BCUT2D eigenvalue weighted by atomic mass is 15.1. The lowest BCUT2D eigenvalue weighted by Gasteiger charge is -2.18. The lowest BCUT2D eigenvalue weighted by molar-refractivity contribution is 0.442. The molecule has 0 aliphatic carbocycles. The van der Waals surface area contributed by atoms with Gasteiger partial charge in [0.05, 0.1) is 18.1 Å². The van der Waals surface area contributed by atoms with Gasteiger partial charge in [-0.05, 0) is 5.41 Å². The summed E-state index contributed by atoms with van der Waals surface area (Å²) >= 11 is 0. The van der Waals surface area contributed by atoms with Gasteiger partial charge < -0.3 is 11.1 Å². The van der Waals surface area contributed by atoms with E-state index in [1.54, 1.807) is 12.4 Å². The number of hydrogen-bond donors (Lipinski definition) is 2. The molecule has 3 N–H and O–H groups in total. The number of rotatable bonds is 2. The molecule has 0 fully saturated rings. The standard InChI is InChI=1S/C9H16N4/c1-9(2,3)6-13-8-11-4-7(10)5-12-8/h4-5H,6,10H2,1-3H3,(H,11,12,13). The summed E-state index contributed by atoms with van der Waals surface area (Å²) in [6.07, 6.45) is 3.19. The van der Waals surface area contributed by atoms with Gasteiger partial charge in [0.2, 0.25) is 5.95 Å². The average Bonchev–Trinajstić information content (AvgIpc) is 2.02. The van der Waals surface area contributed by atoms with Crippen molar-refractivity contribution < 1.29 is 0 Å². The van der Waals surface area contributed by atoms with Gasteiger partial charge in [-0.15, -0.1) is 0 Å². The van der Waals surface area contributed by atoms with Crippen LogP contribution in [0.15, 0.2) is 12.4 Å². The summed E-state index contributed by atoms with van der Waals surface area (Å²) in [6.45, 7) is 7.29. The molecule has 1 aromatic heterocycles. The van der Waals surface area contributed by atoms with E-state index in [9.17, 15) is 0 Å². The lowest BCUT2D eigenvalue weighted by atomic mass is 9.97. The predicted molar refractivity (Wildman–Crippen MR) is 54.4 cm³/mol. The van der Waals surface area contributed by atoms with E-state index >= 15 is 0 Å². The summed E-state index contributed by atoms with van der Waals surface area (Å²) in [5.41, 5.74) is 6.27. The summed E-state index contributed by atoms with van der Waals surface area (Å²) in [4.78, 5) is 8.07. The molecule has 1 rings (SSSR count). The lowest BCUT2D eigenvalue weighted by Crippen LogP contribution is -2.20. The molecule has 72 valence electrons. The molecule has 0 radical (unpaired) electrons. The van der Waals surface area contributed by atoms with Crippen LogP contribution in [0, 0.1) is 5.41 Å². The average molecular weight is 180 g/mol. The second kappa shape index (κ2) is 3.60. The SMILES string of the molecule is CC(C)(C)CNc1ncc(N)cn1. The molecule has 0 unspecified atom stereocenters. The number of nitrogen functional groups attached to an aromatic ring is 1. The highest BCUT2D eigenvalue weighted by Crippen LogP contribution is 2.13. The fourth-order valence-electron chi connectivity index (χ4n) is 0.774. The summed E-state index contributed by atoms with van der Waals surface area (Å²) in [6, 6.07) is 0. The van der Waals surface area contributed by atoms with Crippen molar-refractivity contribution in [1.82, 2.24) is 9.97 Å². The van der Waals surface area contributed by atoms with Crippen molar-refractivity contribution >= 4 is 11.6 Å². The van der Waals surface area contributed by atoms with Gasteiger partial charge in [-0.3, -0.25) is 0 Å². The van der Waals surface area contributed by atoms with Crippen molar-refractivity contribution in [2.75, 3.05) is 17.6 Å². The normalized spacial score (nSPS) is 11.3. The molecule has 13 heavy (non-hydrogen) atoms. The third kappa shape index (κ3) is 3.73. The minimum absolute atomic E-state index is 0.227. The molecule has 1 heterocycles. The molecule has 4 heteroatoms. The zero-order valence-corrected chi connectivity index (χ0v) is 8.33. The van der Waals surface area contributed by atoms with E-state index in [1.807, 2.05) is 0 Å². The molecular weight excluding hydrogens is 164 g/mol. The van der Waals surface area contributed by atoms with E-state index in [4.69, 9.17) is 5.73 Å².